The minimum Gasteiger partial charge on any atom is -0.496 e. The lowest BCUT2D eigenvalue weighted by Gasteiger charge is -2.34. The minimum absolute atomic E-state index is 0.268. The molecule has 3 rings (SSSR count). The summed E-state index contributed by atoms with van der Waals surface area (Å²) in [7, 11) is 1.60. The average Bonchev–Trinajstić information content (AvgIpc) is 2.59. The molecule has 0 bridgehead atoms. The molecule has 5 heteroatoms. The number of carbonyl (C=O) groups is 2. The number of aryl methyl sites for hydroxylation is 2. The lowest BCUT2D eigenvalue weighted by Crippen LogP contribution is -2.48. The molecule has 130 valence electrons. The summed E-state index contributed by atoms with van der Waals surface area (Å²) in [5, 5.41) is 9.61. The number of aliphatic carboxylic acids is 1. The lowest BCUT2D eigenvalue weighted by molar-refractivity contribution is -0.142. The summed E-state index contributed by atoms with van der Waals surface area (Å²) in [5.74, 6) is -0.504. The number of rotatable bonds is 3. The highest BCUT2D eigenvalue weighted by Crippen LogP contribution is 2.28. The summed E-state index contributed by atoms with van der Waals surface area (Å²) < 4.78 is 5.34. The van der Waals surface area contributed by atoms with E-state index in [0.29, 0.717) is 18.5 Å². The Morgan fingerprint density at radius 2 is 1.72 bits per heavy atom. The van der Waals surface area contributed by atoms with Gasteiger partial charge in [0.25, 0.3) is 5.91 Å². The number of hydrogen-bond acceptors (Lipinski definition) is 3. The zero-order chi connectivity index (χ0) is 18.1. The van der Waals surface area contributed by atoms with E-state index in [1.807, 2.05) is 38.1 Å². The second kappa shape index (κ2) is 6.59. The van der Waals surface area contributed by atoms with Crippen molar-refractivity contribution in [2.24, 2.45) is 0 Å². The highest BCUT2D eigenvalue weighted by molar-refractivity contribution is 5.97. The quantitative estimate of drug-likeness (QED) is 0.933. The van der Waals surface area contributed by atoms with E-state index in [-0.39, 0.29) is 5.91 Å². The number of fused-ring (bicyclic) bond motifs is 1. The fourth-order valence-electron chi connectivity index (χ4n) is 3.52. The van der Waals surface area contributed by atoms with Crippen LogP contribution in [0.15, 0.2) is 36.4 Å². The number of carboxylic acids is 1. The van der Waals surface area contributed by atoms with Crippen LogP contribution in [-0.2, 0) is 17.8 Å². The molecule has 0 saturated carbocycles. The fraction of sp³-hybridized carbons (Fsp3) is 0.300. The van der Waals surface area contributed by atoms with Gasteiger partial charge in [-0.25, -0.2) is 4.79 Å². The van der Waals surface area contributed by atoms with E-state index < -0.39 is 12.0 Å². The van der Waals surface area contributed by atoms with E-state index in [1.54, 1.807) is 19.2 Å². The number of carbonyl (C=O) groups excluding carboxylic acids is 1. The van der Waals surface area contributed by atoms with E-state index in [9.17, 15) is 14.7 Å². The van der Waals surface area contributed by atoms with Gasteiger partial charge in [-0.2, -0.15) is 0 Å². The van der Waals surface area contributed by atoms with Gasteiger partial charge in [0.05, 0.1) is 7.11 Å². The van der Waals surface area contributed by atoms with Gasteiger partial charge in [0.2, 0.25) is 0 Å². The number of carboxylic acid groups (broad SMARTS) is 1. The van der Waals surface area contributed by atoms with Crippen molar-refractivity contribution in [2.75, 3.05) is 7.11 Å². The first-order chi connectivity index (χ1) is 11.9. The van der Waals surface area contributed by atoms with Crippen molar-refractivity contribution in [3.05, 3.63) is 64.2 Å². The molecule has 25 heavy (non-hydrogen) atoms. The third-order valence-electron chi connectivity index (χ3n) is 4.71. The molecule has 1 aliphatic heterocycles. The topological polar surface area (TPSA) is 66.8 Å². The van der Waals surface area contributed by atoms with Crippen molar-refractivity contribution in [1.29, 1.82) is 0 Å². The van der Waals surface area contributed by atoms with Gasteiger partial charge in [-0.15, -0.1) is 0 Å². The summed E-state index contributed by atoms with van der Waals surface area (Å²) in [4.78, 5) is 26.2. The van der Waals surface area contributed by atoms with Crippen molar-refractivity contribution < 1.29 is 19.4 Å². The second-order valence-corrected chi connectivity index (χ2v) is 6.40. The van der Waals surface area contributed by atoms with Crippen LogP contribution in [0, 0.1) is 13.8 Å². The highest BCUT2D eigenvalue weighted by atomic mass is 16.5. The molecule has 0 radical (unpaired) electrons. The number of amides is 1. The molecule has 0 spiro atoms. The zero-order valence-corrected chi connectivity index (χ0v) is 14.6. The number of ether oxygens (including phenoxy) is 1. The maximum absolute atomic E-state index is 13.1. The van der Waals surface area contributed by atoms with Crippen molar-refractivity contribution in [3.63, 3.8) is 0 Å². The number of hydrogen-bond donors (Lipinski definition) is 1. The largest absolute Gasteiger partial charge is 0.496 e. The fourth-order valence-corrected chi connectivity index (χ4v) is 3.52. The molecule has 2 aromatic rings. The predicted molar refractivity (Wildman–Crippen MR) is 93.9 cm³/mol. The zero-order valence-electron chi connectivity index (χ0n) is 14.6. The van der Waals surface area contributed by atoms with Crippen molar-refractivity contribution in [1.82, 2.24) is 4.90 Å². The van der Waals surface area contributed by atoms with Crippen molar-refractivity contribution >= 4 is 11.9 Å². The first-order valence-corrected chi connectivity index (χ1v) is 8.18. The molecule has 0 saturated heterocycles. The van der Waals surface area contributed by atoms with Gasteiger partial charge >= 0.3 is 5.97 Å². The Hall–Kier alpha value is -2.82. The van der Waals surface area contributed by atoms with Crippen LogP contribution in [0.4, 0.5) is 0 Å². The third kappa shape index (κ3) is 3.09. The summed E-state index contributed by atoms with van der Waals surface area (Å²) in [6, 6.07) is 10.3. The van der Waals surface area contributed by atoms with Crippen LogP contribution in [0.2, 0.25) is 0 Å². The van der Waals surface area contributed by atoms with Crippen molar-refractivity contribution in [2.45, 2.75) is 32.9 Å². The molecule has 1 amide bonds. The van der Waals surface area contributed by atoms with Crippen LogP contribution in [0.1, 0.15) is 32.6 Å². The summed E-state index contributed by atoms with van der Waals surface area (Å²) in [6.07, 6.45) is 0.325. The number of benzene rings is 2. The van der Waals surface area contributed by atoms with E-state index in [4.69, 9.17) is 4.74 Å². The molecule has 1 heterocycles. The monoisotopic (exact) mass is 339 g/mol. The van der Waals surface area contributed by atoms with Crippen LogP contribution in [-0.4, -0.2) is 35.0 Å². The van der Waals surface area contributed by atoms with E-state index in [2.05, 4.69) is 0 Å². The minimum atomic E-state index is -0.982. The second-order valence-electron chi connectivity index (χ2n) is 6.40. The molecule has 1 N–H and O–H groups in total. The van der Waals surface area contributed by atoms with Crippen LogP contribution >= 0.6 is 0 Å². The van der Waals surface area contributed by atoms with Crippen LogP contribution in [0.3, 0.4) is 0 Å². The Balaban J connectivity index is 1.99. The van der Waals surface area contributed by atoms with E-state index in [1.165, 1.54) is 4.90 Å². The Morgan fingerprint density at radius 3 is 2.28 bits per heavy atom. The molecule has 0 aromatic heterocycles. The Bertz CT molecular complexity index is 820. The smallest absolute Gasteiger partial charge is 0.326 e. The van der Waals surface area contributed by atoms with Gasteiger partial charge in [-0.05, 0) is 48.2 Å². The maximum Gasteiger partial charge on any atom is 0.326 e. The standard InChI is InChI=1S/C20H21NO4/c1-12-8-16(9-13(2)18(12)25-3)19(22)21-11-15-7-5-4-6-14(15)10-17(21)20(23)24/h4-9,17H,10-11H2,1-3H3,(H,23,24). The SMILES string of the molecule is COc1c(C)cc(C(=O)N2Cc3ccccc3CC2C(=O)O)cc1C. The molecule has 2 aromatic carbocycles. The Morgan fingerprint density at radius 1 is 1.12 bits per heavy atom. The van der Waals surface area contributed by atoms with Gasteiger partial charge in [-0.3, -0.25) is 4.79 Å². The molecule has 1 aliphatic rings. The predicted octanol–water partition coefficient (Wildman–Crippen LogP) is 2.96. The molecule has 1 unspecified atom stereocenters. The Kier molecular flexibility index (Phi) is 4.49. The molecular formula is C20H21NO4. The molecule has 5 nitrogen and oxygen atoms in total. The molecule has 1 atom stereocenters. The number of nitrogens with zero attached hydrogens (tertiary/aromatic N) is 1. The third-order valence-corrected chi connectivity index (χ3v) is 4.71. The van der Waals surface area contributed by atoms with Gasteiger partial charge in [0.15, 0.2) is 0 Å². The van der Waals surface area contributed by atoms with Crippen LogP contribution < -0.4 is 4.74 Å². The first-order valence-electron chi connectivity index (χ1n) is 8.18. The Labute approximate surface area is 146 Å². The summed E-state index contributed by atoms with van der Waals surface area (Å²) in [6.45, 7) is 4.06. The maximum atomic E-state index is 13.1. The highest BCUT2D eigenvalue weighted by Gasteiger charge is 2.35. The van der Waals surface area contributed by atoms with Gasteiger partial charge in [-0.1, -0.05) is 24.3 Å². The average molecular weight is 339 g/mol. The van der Waals surface area contributed by atoms with E-state index >= 15 is 0 Å². The summed E-state index contributed by atoms with van der Waals surface area (Å²) in [5.41, 5.74) is 4.18. The first kappa shape index (κ1) is 17.0. The molecular weight excluding hydrogens is 318 g/mol. The van der Waals surface area contributed by atoms with Gasteiger partial charge in [0.1, 0.15) is 11.8 Å². The lowest BCUT2D eigenvalue weighted by atomic mass is 9.93. The molecule has 0 aliphatic carbocycles. The van der Waals surface area contributed by atoms with Crippen LogP contribution in [0.5, 0.6) is 5.75 Å². The van der Waals surface area contributed by atoms with E-state index in [0.717, 1.165) is 28.0 Å². The van der Waals surface area contributed by atoms with Crippen molar-refractivity contribution in [3.8, 4) is 5.75 Å². The molecule has 0 fully saturated rings. The van der Waals surface area contributed by atoms with Gasteiger partial charge in [0, 0.05) is 18.5 Å². The summed E-state index contributed by atoms with van der Waals surface area (Å²) >= 11 is 0. The van der Waals surface area contributed by atoms with Crippen LogP contribution in [0.25, 0.3) is 0 Å². The van der Waals surface area contributed by atoms with Gasteiger partial charge < -0.3 is 14.7 Å². The normalized spacial score (nSPS) is 16.3. The number of methoxy groups -OCH3 is 1.